The molecule has 0 nitrogen and oxygen atoms in total. The molecule has 0 aromatic heterocycles. The van der Waals surface area contributed by atoms with Crippen molar-refractivity contribution in [3.8, 4) is 0 Å². The second-order valence-electron chi connectivity index (χ2n) is 0.780. The van der Waals surface area contributed by atoms with Crippen LogP contribution in [0.15, 0.2) is 0 Å². The molecule has 0 N–H and O–H groups in total. The summed E-state index contributed by atoms with van der Waals surface area (Å²) < 4.78 is 0. The van der Waals surface area contributed by atoms with E-state index in [0.29, 0.717) is 8.55 Å². The van der Waals surface area contributed by atoms with Gasteiger partial charge in [0.05, 0.1) is 0 Å². The third-order valence-electron chi connectivity index (χ3n) is 0.302. The van der Waals surface area contributed by atoms with Gasteiger partial charge in [-0.05, 0) is 8.55 Å². The van der Waals surface area contributed by atoms with Gasteiger partial charge in [0.2, 0.25) is 0 Å². The van der Waals surface area contributed by atoms with Crippen molar-refractivity contribution in [2.75, 3.05) is 0 Å². The average molecular weight is 115 g/mol. The predicted molar refractivity (Wildman–Crippen MR) is 31.3 cm³/mol. The Balaban J connectivity index is 2.19. The van der Waals surface area contributed by atoms with Gasteiger partial charge in [-0.1, -0.05) is 6.55 Å². The molecule has 0 heterocycles. The van der Waals surface area contributed by atoms with Crippen LogP contribution in [0.3, 0.4) is 0 Å². The largest absolute Gasteiger partial charge is 0.353 e. The van der Waals surface area contributed by atoms with Crippen LogP contribution < -0.4 is 0 Å². The summed E-state index contributed by atoms with van der Waals surface area (Å²) in [6.07, 6.45) is 0. The summed E-state index contributed by atoms with van der Waals surface area (Å²) in [5, 5.41) is 0. The predicted octanol–water partition coefficient (Wildman–Crippen LogP) is -0.767. The van der Waals surface area contributed by atoms with Gasteiger partial charge in [-0.25, -0.2) is 0 Å². The Labute approximate surface area is 40.4 Å². The average Bonchev–Trinajstić information content (AvgIpc) is 1.41. The summed E-state index contributed by atoms with van der Waals surface area (Å²) in [5.41, 5.74) is 0. The molecule has 28 valence electrons. The van der Waals surface area contributed by atoms with Gasteiger partial charge in [0.15, 0.2) is 0 Å². The maximum absolute atomic E-state index is 3.77. The summed E-state index contributed by atoms with van der Waals surface area (Å²) in [4.78, 5) is 0. The molecular formula is C2H7Si3-. The van der Waals surface area contributed by atoms with E-state index in [2.05, 4.69) is 13.1 Å². The van der Waals surface area contributed by atoms with Gasteiger partial charge in [0.1, 0.15) is 0 Å². The van der Waals surface area contributed by atoms with Crippen LogP contribution in [-0.2, 0) is 0 Å². The Morgan fingerprint density at radius 1 is 1.80 bits per heavy atom. The second kappa shape index (κ2) is 4.65. The lowest BCUT2D eigenvalue weighted by molar-refractivity contribution is 2.37. The van der Waals surface area contributed by atoms with Crippen molar-refractivity contribution in [3.63, 3.8) is 0 Å². The minimum Gasteiger partial charge on any atom is -0.353 e. The van der Waals surface area contributed by atoms with E-state index < -0.39 is 0 Å². The molecule has 0 aromatic carbocycles. The first-order valence-corrected chi connectivity index (χ1v) is 8.92. The van der Waals surface area contributed by atoms with Crippen LogP contribution in [-0.4, -0.2) is 26.6 Å². The van der Waals surface area contributed by atoms with E-state index in [1.54, 1.807) is 0 Å². The first-order valence-electron chi connectivity index (χ1n) is 1.56. The molecule has 0 aliphatic heterocycles. The molecule has 0 aliphatic rings. The minimum atomic E-state index is 0.377. The smallest absolute Gasteiger partial charge is 0.0107 e. The minimum absolute atomic E-state index is 0.377. The zero-order valence-electron chi connectivity index (χ0n) is 3.41. The molecule has 0 saturated carbocycles. The van der Waals surface area contributed by atoms with Gasteiger partial charge < -0.3 is 6.55 Å². The monoisotopic (exact) mass is 115 g/mol. The normalized spacial score (nSPS) is 10.8. The Bertz CT molecular complexity index is 12.4. The molecule has 5 heavy (non-hydrogen) atoms. The summed E-state index contributed by atoms with van der Waals surface area (Å²) in [7, 11) is 2.68. The lowest BCUT2D eigenvalue weighted by Gasteiger charge is -1.84. The van der Waals surface area contributed by atoms with Crippen molar-refractivity contribution in [2.24, 2.45) is 0 Å². The van der Waals surface area contributed by atoms with Crippen LogP contribution >= 0.6 is 0 Å². The second-order valence-corrected chi connectivity index (χ2v) is 10.2. The van der Waals surface area contributed by atoms with Crippen LogP contribution in [0.5, 0.6) is 0 Å². The SMILES string of the molecule is [CH2-][Si][SiH2][Si]C. The third-order valence-corrected chi connectivity index (χ3v) is 8.15. The molecule has 0 aliphatic carbocycles. The Morgan fingerprint density at radius 3 is 2.40 bits per heavy atom. The highest BCUT2D eigenvalue weighted by atomic mass is 29.5. The first kappa shape index (κ1) is 5.65. The van der Waals surface area contributed by atoms with E-state index in [-0.39, 0.29) is 0 Å². The van der Waals surface area contributed by atoms with Crippen molar-refractivity contribution in [3.05, 3.63) is 6.55 Å². The molecular weight excluding hydrogens is 108 g/mol. The maximum atomic E-state index is 3.77. The molecule has 0 fully saturated rings. The van der Waals surface area contributed by atoms with Crippen molar-refractivity contribution >= 4 is 26.6 Å². The van der Waals surface area contributed by atoms with Crippen LogP contribution in [0, 0.1) is 6.55 Å². The standard InChI is InChI=1S/C2H7Si3/c1-3-5-4-2/h1,5H2,2H3/q-1. The molecule has 0 atom stereocenters. The zero-order valence-corrected chi connectivity index (χ0v) is 6.83. The van der Waals surface area contributed by atoms with Gasteiger partial charge in [0.25, 0.3) is 0 Å². The highest BCUT2D eigenvalue weighted by Crippen LogP contribution is 1.47. The summed E-state index contributed by atoms with van der Waals surface area (Å²) in [6, 6.07) is 0. The summed E-state index contributed by atoms with van der Waals surface area (Å²) in [6.45, 7) is 6.04. The molecule has 3 heteroatoms. The Kier molecular flexibility index (Phi) is 5.26. The lowest BCUT2D eigenvalue weighted by Crippen LogP contribution is -2.04. The number of hydrogen-bond donors (Lipinski definition) is 0. The van der Waals surface area contributed by atoms with Crippen LogP contribution in [0.2, 0.25) is 6.55 Å². The van der Waals surface area contributed by atoms with Gasteiger partial charge in [-0.15, -0.1) is 0 Å². The Morgan fingerprint density at radius 2 is 2.40 bits per heavy atom. The first-order chi connectivity index (χ1) is 2.41. The molecule has 0 unspecified atom stereocenters. The zero-order chi connectivity index (χ0) is 4.12. The van der Waals surface area contributed by atoms with Gasteiger partial charge in [-0.2, -0.15) is 9.04 Å². The molecule has 0 spiro atoms. The summed E-state index contributed by atoms with van der Waals surface area (Å²) >= 11 is 0. The van der Waals surface area contributed by atoms with Crippen LogP contribution in [0.4, 0.5) is 0 Å². The van der Waals surface area contributed by atoms with E-state index in [0.717, 1.165) is 9.04 Å². The summed E-state index contributed by atoms with van der Waals surface area (Å²) in [5.74, 6) is 0. The fourth-order valence-electron chi connectivity index (χ4n) is 0.125. The lowest BCUT2D eigenvalue weighted by atomic mass is 11.9. The highest BCUT2D eigenvalue weighted by molar-refractivity contribution is 7.29. The van der Waals surface area contributed by atoms with Gasteiger partial charge in [0, 0.05) is 9.04 Å². The topological polar surface area (TPSA) is 0 Å². The molecule has 0 amide bonds. The van der Waals surface area contributed by atoms with E-state index in [4.69, 9.17) is 0 Å². The Hall–Kier alpha value is 0.651. The molecule has 0 aromatic rings. The van der Waals surface area contributed by atoms with Gasteiger partial charge >= 0.3 is 0 Å². The van der Waals surface area contributed by atoms with Gasteiger partial charge in [-0.3, -0.25) is 0 Å². The van der Waals surface area contributed by atoms with Crippen LogP contribution in [0.1, 0.15) is 0 Å². The molecule has 0 saturated heterocycles. The molecule has 0 rings (SSSR count). The van der Waals surface area contributed by atoms with Crippen molar-refractivity contribution < 1.29 is 0 Å². The maximum Gasteiger partial charge on any atom is 0.0107 e. The van der Waals surface area contributed by atoms with Crippen LogP contribution in [0.25, 0.3) is 0 Å². The molecule has 4 radical (unpaired) electrons. The van der Waals surface area contributed by atoms with Crippen molar-refractivity contribution in [2.45, 2.75) is 6.55 Å². The van der Waals surface area contributed by atoms with E-state index in [9.17, 15) is 0 Å². The van der Waals surface area contributed by atoms with E-state index >= 15 is 0 Å². The highest BCUT2D eigenvalue weighted by Gasteiger charge is 1.65. The van der Waals surface area contributed by atoms with E-state index in [1.807, 2.05) is 0 Å². The van der Waals surface area contributed by atoms with Crippen molar-refractivity contribution in [1.82, 2.24) is 0 Å². The quantitative estimate of drug-likeness (QED) is 0.328. The fraction of sp³-hybridized carbons (Fsp3) is 0.500. The number of rotatable bonds is 2. The van der Waals surface area contributed by atoms with Crippen molar-refractivity contribution in [1.29, 1.82) is 0 Å². The third kappa shape index (κ3) is 4.65. The van der Waals surface area contributed by atoms with E-state index in [1.165, 1.54) is 9.04 Å². The molecule has 0 bridgehead atoms. The fourth-order valence-corrected chi connectivity index (χ4v) is 3.37. The number of hydrogen-bond acceptors (Lipinski definition) is 0.